The minimum atomic E-state index is -3.32. The van der Waals surface area contributed by atoms with Gasteiger partial charge in [0.15, 0.2) is 12.4 Å². The number of fused-ring (bicyclic) bond motifs is 2. The second-order valence-corrected chi connectivity index (χ2v) is 9.88. The van der Waals surface area contributed by atoms with Crippen LogP contribution in [0.5, 0.6) is 0 Å². The predicted octanol–water partition coefficient (Wildman–Crippen LogP) is 2.60. The van der Waals surface area contributed by atoms with Crippen LogP contribution in [0, 0.1) is 0 Å². The van der Waals surface area contributed by atoms with Crippen LogP contribution >= 0.6 is 11.3 Å². The van der Waals surface area contributed by atoms with E-state index in [1.54, 1.807) is 18.2 Å². The smallest absolute Gasteiger partial charge is 0.348 e. The lowest BCUT2D eigenvalue weighted by atomic mass is 10.1. The van der Waals surface area contributed by atoms with Crippen LogP contribution in [0.2, 0.25) is 0 Å². The number of ketones is 1. The third-order valence-electron chi connectivity index (χ3n) is 4.94. The zero-order valence-electron chi connectivity index (χ0n) is 14.9. The molecule has 1 aliphatic heterocycles. The van der Waals surface area contributed by atoms with Gasteiger partial charge in [0.25, 0.3) is 0 Å². The number of hydrogen-bond acceptors (Lipinski definition) is 6. The van der Waals surface area contributed by atoms with Crippen molar-refractivity contribution < 1.29 is 22.7 Å². The molecule has 0 bridgehead atoms. The third-order valence-corrected chi connectivity index (χ3v) is 7.33. The Labute approximate surface area is 161 Å². The van der Waals surface area contributed by atoms with Crippen molar-refractivity contribution >= 4 is 38.8 Å². The number of esters is 1. The standard InChI is InChI=1S/C19H19NO5S2/c1-27(23,24)20-8-7-12-9-13(5-6-15(12)20)16(21)11-25-19(22)18-10-14-3-2-4-17(14)26-18/h5-6,9-10H,2-4,7-8,11H2,1H3. The van der Waals surface area contributed by atoms with E-state index in [-0.39, 0.29) is 12.4 Å². The molecule has 0 saturated heterocycles. The number of ether oxygens (including phenoxy) is 1. The van der Waals surface area contributed by atoms with Crippen molar-refractivity contribution in [2.75, 3.05) is 23.7 Å². The second-order valence-electron chi connectivity index (χ2n) is 6.84. The summed E-state index contributed by atoms with van der Waals surface area (Å²) >= 11 is 1.45. The van der Waals surface area contributed by atoms with E-state index in [9.17, 15) is 18.0 Å². The summed E-state index contributed by atoms with van der Waals surface area (Å²) in [6, 6.07) is 6.78. The van der Waals surface area contributed by atoms with Crippen LogP contribution in [0.3, 0.4) is 0 Å². The van der Waals surface area contributed by atoms with Gasteiger partial charge in [-0.05, 0) is 61.1 Å². The SMILES string of the molecule is CS(=O)(=O)N1CCc2cc(C(=O)COC(=O)c3cc4c(s3)CCC4)ccc21. The molecule has 0 amide bonds. The van der Waals surface area contributed by atoms with E-state index in [4.69, 9.17) is 4.74 Å². The summed E-state index contributed by atoms with van der Waals surface area (Å²) in [5, 5.41) is 0. The fourth-order valence-corrected chi connectivity index (χ4v) is 5.71. The molecule has 8 heteroatoms. The Hall–Kier alpha value is -2.19. The number of carbonyl (C=O) groups is 2. The number of rotatable bonds is 5. The van der Waals surface area contributed by atoms with Crippen molar-refractivity contribution in [3.05, 3.63) is 50.7 Å². The molecule has 27 heavy (non-hydrogen) atoms. The Morgan fingerprint density at radius 2 is 1.96 bits per heavy atom. The molecule has 0 N–H and O–H groups in total. The summed E-state index contributed by atoms with van der Waals surface area (Å²) in [5.41, 5.74) is 3.06. The highest BCUT2D eigenvalue weighted by Gasteiger charge is 2.27. The highest BCUT2D eigenvalue weighted by molar-refractivity contribution is 7.92. The fourth-order valence-electron chi connectivity index (χ4n) is 3.60. The van der Waals surface area contributed by atoms with Gasteiger partial charge in [0.1, 0.15) is 4.88 Å². The summed E-state index contributed by atoms with van der Waals surface area (Å²) in [7, 11) is -3.32. The molecule has 1 aromatic heterocycles. The minimum absolute atomic E-state index is 0.298. The number of carbonyl (C=O) groups excluding carboxylic acids is 2. The average molecular weight is 405 g/mol. The maximum Gasteiger partial charge on any atom is 0.348 e. The van der Waals surface area contributed by atoms with E-state index in [1.807, 2.05) is 6.07 Å². The molecule has 1 aromatic carbocycles. The van der Waals surface area contributed by atoms with Crippen LogP contribution < -0.4 is 4.31 Å². The summed E-state index contributed by atoms with van der Waals surface area (Å²) in [4.78, 5) is 26.4. The maximum absolute atomic E-state index is 12.4. The minimum Gasteiger partial charge on any atom is -0.453 e. The molecule has 2 aromatic rings. The van der Waals surface area contributed by atoms with E-state index < -0.39 is 16.0 Å². The molecule has 4 rings (SSSR count). The average Bonchev–Trinajstić information content (AvgIpc) is 3.31. The largest absolute Gasteiger partial charge is 0.453 e. The Morgan fingerprint density at radius 3 is 2.70 bits per heavy atom. The highest BCUT2D eigenvalue weighted by Crippen LogP contribution is 2.32. The first-order chi connectivity index (χ1) is 12.8. The number of sulfonamides is 1. The third kappa shape index (κ3) is 3.51. The highest BCUT2D eigenvalue weighted by atomic mass is 32.2. The molecule has 2 aliphatic rings. The van der Waals surface area contributed by atoms with Crippen LogP contribution in [0.4, 0.5) is 5.69 Å². The Kier molecular flexibility index (Phi) is 4.55. The monoisotopic (exact) mass is 405 g/mol. The molecule has 1 aliphatic carbocycles. The molecule has 0 atom stereocenters. The van der Waals surface area contributed by atoms with E-state index in [2.05, 4.69) is 0 Å². The first-order valence-electron chi connectivity index (χ1n) is 8.75. The molecule has 142 valence electrons. The normalized spacial score (nSPS) is 15.5. The number of aryl methyl sites for hydroxylation is 2. The lowest BCUT2D eigenvalue weighted by Crippen LogP contribution is -2.27. The Balaban J connectivity index is 1.42. The molecule has 0 fully saturated rings. The molecule has 0 radical (unpaired) electrons. The molecule has 0 saturated carbocycles. The van der Waals surface area contributed by atoms with Crippen molar-refractivity contribution in [2.45, 2.75) is 25.7 Å². The van der Waals surface area contributed by atoms with Crippen LogP contribution in [-0.4, -0.2) is 39.6 Å². The Bertz CT molecular complexity index is 1020. The second kappa shape index (κ2) is 6.76. The topological polar surface area (TPSA) is 80.8 Å². The van der Waals surface area contributed by atoms with Gasteiger partial charge in [-0.2, -0.15) is 0 Å². The van der Waals surface area contributed by atoms with E-state index in [0.29, 0.717) is 29.1 Å². The predicted molar refractivity (Wildman–Crippen MR) is 103 cm³/mol. The van der Waals surface area contributed by atoms with Gasteiger partial charge in [-0.1, -0.05) is 0 Å². The molecule has 2 heterocycles. The first kappa shape index (κ1) is 18.2. The number of benzene rings is 1. The number of nitrogens with zero attached hydrogens (tertiary/aromatic N) is 1. The number of Topliss-reactive ketones (excluding diaryl/α,β-unsaturated/α-hetero) is 1. The van der Waals surface area contributed by atoms with Crippen molar-refractivity contribution in [3.63, 3.8) is 0 Å². The van der Waals surface area contributed by atoms with Gasteiger partial charge in [0.05, 0.1) is 11.9 Å². The quantitative estimate of drug-likeness (QED) is 0.564. The van der Waals surface area contributed by atoms with Crippen LogP contribution in [0.1, 0.15) is 42.5 Å². The van der Waals surface area contributed by atoms with Gasteiger partial charge >= 0.3 is 5.97 Å². The van der Waals surface area contributed by atoms with Gasteiger partial charge in [-0.25, -0.2) is 13.2 Å². The molecule has 0 unspecified atom stereocenters. The summed E-state index contributed by atoms with van der Waals surface area (Å²) in [5.74, 6) is -0.764. The first-order valence-corrected chi connectivity index (χ1v) is 11.4. The number of hydrogen-bond donors (Lipinski definition) is 0. The van der Waals surface area contributed by atoms with Gasteiger partial charge in [0, 0.05) is 17.0 Å². The van der Waals surface area contributed by atoms with Gasteiger partial charge < -0.3 is 4.74 Å². The van der Waals surface area contributed by atoms with Crippen LogP contribution in [0.25, 0.3) is 0 Å². The summed E-state index contributed by atoms with van der Waals surface area (Å²) in [6.07, 6.45) is 4.86. The van der Waals surface area contributed by atoms with Gasteiger partial charge in [-0.3, -0.25) is 9.10 Å². The Morgan fingerprint density at radius 1 is 1.15 bits per heavy atom. The zero-order chi connectivity index (χ0) is 19.2. The molecular formula is C19H19NO5S2. The van der Waals surface area contributed by atoms with Crippen molar-refractivity contribution in [2.24, 2.45) is 0 Å². The van der Waals surface area contributed by atoms with Crippen molar-refractivity contribution in [1.82, 2.24) is 0 Å². The maximum atomic E-state index is 12.4. The lowest BCUT2D eigenvalue weighted by Gasteiger charge is -2.16. The van der Waals surface area contributed by atoms with Gasteiger partial charge in [-0.15, -0.1) is 11.3 Å². The van der Waals surface area contributed by atoms with Crippen LogP contribution in [0.15, 0.2) is 24.3 Å². The van der Waals surface area contributed by atoms with E-state index in [0.717, 1.165) is 24.8 Å². The zero-order valence-corrected chi connectivity index (χ0v) is 16.5. The van der Waals surface area contributed by atoms with Crippen molar-refractivity contribution in [3.8, 4) is 0 Å². The fraction of sp³-hybridized carbons (Fsp3) is 0.368. The summed E-state index contributed by atoms with van der Waals surface area (Å²) < 4.78 is 30.1. The molecular weight excluding hydrogens is 386 g/mol. The summed E-state index contributed by atoms with van der Waals surface area (Å²) in [6.45, 7) is 0.0554. The van der Waals surface area contributed by atoms with Crippen LogP contribution in [-0.2, 0) is 34.0 Å². The number of thiophene rings is 1. The lowest BCUT2D eigenvalue weighted by molar-refractivity contribution is 0.0479. The van der Waals surface area contributed by atoms with E-state index >= 15 is 0 Å². The van der Waals surface area contributed by atoms with Gasteiger partial charge in [0.2, 0.25) is 10.0 Å². The molecule has 0 spiro atoms. The van der Waals surface area contributed by atoms with Crippen molar-refractivity contribution in [1.29, 1.82) is 0 Å². The molecule has 6 nitrogen and oxygen atoms in total. The van der Waals surface area contributed by atoms with E-state index in [1.165, 1.54) is 32.3 Å². The number of anilines is 1.